The molecule has 4 aromatic carbocycles. The van der Waals surface area contributed by atoms with E-state index in [1.165, 1.54) is 37.4 Å². The zero-order chi connectivity index (χ0) is 16.1. The molecule has 0 saturated carbocycles. The van der Waals surface area contributed by atoms with Crippen LogP contribution in [0, 0.1) is 6.92 Å². The summed E-state index contributed by atoms with van der Waals surface area (Å²) in [6.45, 7) is 2.22. The van der Waals surface area contributed by atoms with Crippen LogP contribution < -0.4 is 0 Å². The molecule has 0 unspecified atom stereocenters. The van der Waals surface area contributed by atoms with Crippen LogP contribution >= 0.6 is 11.3 Å². The number of thiazole rings is 1. The van der Waals surface area contributed by atoms with Gasteiger partial charge in [-0.2, -0.15) is 0 Å². The van der Waals surface area contributed by atoms with Gasteiger partial charge >= 0.3 is 0 Å². The molecule has 0 radical (unpaired) electrons. The zero-order valence-corrected chi connectivity index (χ0v) is 14.1. The molecular formula is C22H15NS. The molecule has 1 nitrogen and oxygen atoms in total. The van der Waals surface area contributed by atoms with E-state index >= 15 is 0 Å². The lowest BCUT2D eigenvalue weighted by molar-refractivity contribution is 1.49. The number of aromatic nitrogens is 1. The summed E-state index contributed by atoms with van der Waals surface area (Å²) in [6, 6.07) is 25.7. The largest absolute Gasteiger partial charge is 0.236 e. The minimum absolute atomic E-state index is 1.08. The van der Waals surface area contributed by atoms with E-state index in [4.69, 9.17) is 4.98 Å². The highest BCUT2D eigenvalue weighted by atomic mass is 32.1. The standard InChI is InChI=1S/C22H15NS/c1-14-15-8-2-4-10-17(15)21(18-11-5-3-9-16(14)18)22-23-19-12-6-7-13-20(19)24-22/h2-13H,1H3. The summed E-state index contributed by atoms with van der Waals surface area (Å²) < 4.78 is 1.24. The quantitative estimate of drug-likeness (QED) is 0.317. The van der Waals surface area contributed by atoms with E-state index < -0.39 is 0 Å². The summed E-state index contributed by atoms with van der Waals surface area (Å²) in [5.41, 5.74) is 3.67. The molecule has 0 aliphatic carbocycles. The second-order valence-corrected chi connectivity index (χ2v) is 7.11. The van der Waals surface area contributed by atoms with Crippen LogP contribution in [0.4, 0.5) is 0 Å². The summed E-state index contributed by atoms with van der Waals surface area (Å²) in [5, 5.41) is 6.29. The maximum Gasteiger partial charge on any atom is 0.125 e. The monoisotopic (exact) mass is 325 g/mol. The molecule has 0 amide bonds. The van der Waals surface area contributed by atoms with E-state index in [1.54, 1.807) is 11.3 Å². The van der Waals surface area contributed by atoms with E-state index in [1.807, 2.05) is 0 Å². The first kappa shape index (κ1) is 13.7. The molecule has 0 aliphatic rings. The van der Waals surface area contributed by atoms with Crippen LogP contribution in [-0.2, 0) is 0 Å². The summed E-state index contributed by atoms with van der Waals surface area (Å²) in [7, 11) is 0. The lowest BCUT2D eigenvalue weighted by atomic mass is 9.93. The fraction of sp³-hybridized carbons (Fsp3) is 0.0455. The van der Waals surface area contributed by atoms with Gasteiger partial charge in [0.25, 0.3) is 0 Å². The second-order valence-electron chi connectivity index (χ2n) is 6.08. The smallest absolute Gasteiger partial charge is 0.125 e. The molecule has 0 aliphatic heterocycles. The Morgan fingerprint density at radius 3 is 1.83 bits per heavy atom. The molecule has 1 aromatic heterocycles. The number of nitrogens with zero attached hydrogens (tertiary/aromatic N) is 1. The van der Waals surface area contributed by atoms with Gasteiger partial charge in [0.15, 0.2) is 0 Å². The van der Waals surface area contributed by atoms with Gasteiger partial charge in [-0.05, 0) is 46.2 Å². The topological polar surface area (TPSA) is 12.9 Å². The lowest BCUT2D eigenvalue weighted by Crippen LogP contribution is -1.88. The summed E-state index contributed by atoms with van der Waals surface area (Å²) in [6.07, 6.45) is 0. The maximum atomic E-state index is 4.93. The Morgan fingerprint density at radius 2 is 1.21 bits per heavy atom. The molecule has 0 bridgehead atoms. The molecular weight excluding hydrogens is 310 g/mol. The predicted octanol–water partition coefficient (Wildman–Crippen LogP) is 6.58. The summed E-state index contributed by atoms with van der Waals surface area (Å²) in [4.78, 5) is 4.93. The molecule has 0 atom stereocenters. The van der Waals surface area contributed by atoms with Crippen molar-refractivity contribution in [2.24, 2.45) is 0 Å². The Kier molecular flexibility index (Phi) is 2.94. The second kappa shape index (κ2) is 5.15. The van der Waals surface area contributed by atoms with Gasteiger partial charge in [-0.15, -0.1) is 11.3 Å². The lowest BCUT2D eigenvalue weighted by Gasteiger charge is -2.13. The van der Waals surface area contributed by atoms with Crippen molar-refractivity contribution in [2.75, 3.05) is 0 Å². The highest BCUT2D eigenvalue weighted by Crippen LogP contribution is 2.41. The fourth-order valence-corrected chi connectivity index (χ4v) is 4.60. The van der Waals surface area contributed by atoms with E-state index in [-0.39, 0.29) is 0 Å². The fourth-order valence-electron chi connectivity index (χ4n) is 3.56. The van der Waals surface area contributed by atoms with E-state index in [0.29, 0.717) is 0 Å². The summed E-state index contributed by atoms with van der Waals surface area (Å²) in [5.74, 6) is 0. The molecule has 0 saturated heterocycles. The van der Waals surface area contributed by atoms with E-state index in [0.717, 1.165) is 10.5 Å². The Morgan fingerprint density at radius 1 is 0.667 bits per heavy atom. The van der Waals surface area contributed by atoms with E-state index in [2.05, 4.69) is 79.7 Å². The third kappa shape index (κ3) is 1.90. The molecule has 1 heterocycles. The SMILES string of the molecule is Cc1c2ccccc2c(-c2nc3ccccc3s2)c2ccccc12. The van der Waals surface area contributed by atoms with E-state index in [9.17, 15) is 0 Å². The molecule has 5 rings (SSSR count). The van der Waals surface area contributed by atoms with Crippen LogP contribution in [0.15, 0.2) is 72.8 Å². The summed E-state index contributed by atoms with van der Waals surface area (Å²) >= 11 is 1.77. The van der Waals surface area contributed by atoms with Gasteiger partial charge < -0.3 is 0 Å². The van der Waals surface area contributed by atoms with Gasteiger partial charge in [-0.3, -0.25) is 0 Å². The van der Waals surface area contributed by atoms with Crippen LogP contribution in [0.5, 0.6) is 0 Å². The minimum Gasteiger partial charge on any atom is -0.236 e. The molecule has 0 fully saturated rings. The van der Waals surface area contributed by atoms with Crippen molar-refractivity contribution in [2.45, 2.75) is 6.92 Å². The third-order valence-electron chi connectivity index (χ3n) is 4.71. The molecule has 0 N–H and O–H groups in total. The number of hydrogen-bond acceptors (Lipinski definition) is 2. The number of benzene rings is 4. The first-order valence-electron chi connectivity index (χ1n) is 8.09. The van der Waals surface area contributed by atoms with Crippen LogP contribution in [0.25, 0.3) is 42.3 Å². The molecule has 24 heavy (non-hydrogen) atoms. The van der Waals surface area contributed by atoms with Gasteiger partial charge in [-0.25, -0.2) is 4.98 Å². The molecule has 114 valence electrons. The first-order chi connectivity index (χ1) is 11.8. The predicted molar refractivity (Wildman–Crippen MR) is 105 cm³/mol. The number of hydrogen-bond donors (Lipinski definition) is 0. The van der Waals surface area contributed by atoms with Gasteiger partial charge in [0.2, 0.25) is 0 Å². The Hall–Kier alpha value is -2.71. The zero-order valence-electron chi connectivity index (χ0n) is 13.3. The number of rotatable bonds is 1. The van der Waals surface area contributed by atoms with Crippen molar-refractivity contribution in [3.63, 3.8) is 0 Å². The first-order valence-corrected chi connectivity index (χ1v) is 8.90. The molecule has 5 aromatic rings. The molecule has 2 heteroatoms. The number of para-hydroxylation sites is 1. The van der Waals surface area contributed by atoms with Gasteiger partial charge in [0.1, 0.15) is 5.01 Å². The van der Waals surface area contributed by atoms with Crippen molar-refractivity contribution in [1.82, 2.24) is 4.98 Å². The van der Waals surface area contributed by atoms with Gasteiger partial charge in [0.05, 0.1) is 10.2 Å². The van der Waals surface area contributed by atoms with Crippen molar-refractivity contribution < 1.29 is 0 Å². The van der Waals surface area contributed by atoms with Gasteiger partial charge in [0, 0.05) is 5.56 Å². The average molecular weight is 325 g/mol. The van der Waals surface area contributed by atoms with Crippen LogP contribution in [0.1, 0.15) is 5.56 Å². The Bertz CT molecular complexity index is 1130. The molecule has 0 spiro atoms. The minimum atomic E-state index is 1.08. The van der Waals surface area contributed by atoms with Crippen molar-refractivity contribution >= 4 is 43.1 Å². The number of aryl methyl sites for hydroxylation is 1. The van der Waals surface area contributed by atoms with Gasteiger partial charge in [-0.1, -0.05) is 60.7 Å². The Balaban J connectivity index is 2.00. The van der Waals surface area contributed by atoms with Crippen LogP contribution in [0.3, 0.4) is 0 Å². The van der Waals surface area contributed by atoms with Crippen LogP contribution in [-0.4, -0.2) is 4.98 Å². The van der Waals surface area contributed by atoms with Crippen molar-refractivity contribution in [3.8, 4) is 10.6 Å². The highest BCUT2D eigenvalue weighted by Gasteiger charge is 2.15. The highest BCUT2D eigenvalue weighted by molar-refractivity contribution is 7.21. The Labute approximate surface area is 144 Å². The average Bonchev–Trinajstić information content (AvgIpc) is 3.06. The number of fused-ring (bicyclic) bond motifs is 3. The maximum absolute atomic E-state index is 4.93. The van der Waals surface area contributed by atoms with Crippen molar-refractivity contribution in [3.05, 3.63) is 78.4 Å². The normalized spacial score (nSPS) is 11.5. The van der Waals surface area contributed by atoms with Crippen molar-refractivity contribution in [1.29, 1.82) is 0 Å². The van der Waals surface area contributed by atoms with Crippen LogP contribution in [0.2, 0.25) is 0 Å². The third-order valence-corrected chi connectivity index (χ3v) is 5.76.